The Morgan fingerprint density at radius 1 is 0.793 bits per heavy atom. The Bertz CT molecular complexity index is 894. The summed E-state index contributed by atoms with van der Waals surface area (Å²) in [5, 5.41) is 2.94. The van der Waals surface area contributed by atoms with Crippen LogP contribution in [0.1, 0.15) is 21.5 Å². The zero-order chi connectivity index (χ0) is 20.3. The molecule has 1 N–H and O–H groups in total. The molecule has 0 unspecified atom stereocenters. The average molecular weight is 391 g/mol. The van der Waals surface area contributed by atoms with Crippen molar-refractivity contribution in [2.24, 2.45) is 0 Å². The fraction of sp³-hybridized carbons (Fsp3) is 0.208. The largest absolute Gasteiger partial charge is 0.490 e. The summed E-state index contributed by atoms with van der Waals surface area (Å²) in [4.78, 5) is 12.6. The fourth-order valence-electron chi connectivity index (χ4n) is 2.81. The predicted octanol–water partition coefficient (Wildman–Crippen LogP) is 4.22. The van der Waals surface area contributed by atoms with Crippen molar-refractivity contribution in [3.8, 4) is 11.5 Å². The molecule has 0 radical (unpaired) electrons. The second-order valence-electron chi connectivity index (χ2n) is 6.44. The molecule has 1 amide bonds. The molecule has 0 atom stereocenters. The van der Waals surface area contributed by atoms with Crippen LogP contribution in [0.15, 0.2) is 78.9 Å². The highest BCUT2D eigenvalue weighted by Crippen LogP contribution is 2.18. The van der Waals surface area contributed by atoms with E-state index in [2.05, 4.69) is 5.32 Å². The van der Waals surface area contributed by atoms with E-state index in [1.807, 2.05) is 66.7 Å². The normalized spacial score (nSPS) is 10.4. The van der Waals surface area contributed by atoms with Gasteiger partial charge < -0.3 is 19.5 Å². The van der Waals surface area contributed by atoms with Crippen LogP contribution < -0.4 is 14.8 Å². The van der Waals surface area contributed by atoms with E-state index >= 15 is 0 Å². The molecule has 0 aliphatic heterocycles. The first-order valence-corrected chi connectivity index (χ1v) is 9.51. The zero-order valence-corrected chi connectivity index (χ0v) is 16.5. The molecule has 3 rings (SSSR count). The van der Waals surface area contributed by atoms with Crippen LogP contribution in [0, 0.1) is 0 Å². The molecule has 0 aliphatic rings. The van der Waals surface area contributed by atoms with E-state index in [0.717, 1.165) is 16.9 Å². The third-order valence-corrected chi connectivity index (χ3v) is 4.27. The molecular weight excluding hydrogens is 366 g/mol. The number of methoxy groups -OCH3 is 1. The number of nitrogens with one attached hydrogen (secondary N) is 1. The minimum atomic E-state index is -0.175. The second-order valence-corrected chi connectivity index (χ2v) is 6.44. The monoisotopic (exact) mass is 391 g/mol. The van der Waals surface area contributed by atoms with Crippen molar-refractivity contribution >= 4 is 5.91 Å². The summed E-state index contributed by atoms with van der Waals surface area (Å²) in [6.45, 7) is 1.76. The minimum absolute atomic E-state index is 0.175. The van der Waals surface area contributed by atoms with Gasteiger partial charge in [-0.2, -0.15) is 0 Å². The maximum absolute atomic E-state index is 12.6. The Labute approximate surface area is 171 Å². The van der Waals surface area contributed by atoms with Gasteiger partial charge >= 0.3 is 0 Å². The van der Waals surface area contributed by atoms with E-state index in [-0.39, 0.29) is 5.91 Å². The number of hydrogen-bond donors (Lipinski definition) is 1. The molecule has 0 heterocycles. The number of carbonyl (C=O) groups excluding carboxylic acids is 1. The molecule has 3 aromatic rings. The van der Waals surface area contributed by atoms with Gasteiger partial charge in [-0.05, 0) is 35.4 Å². The minimum Gasteiger partial charge on any atom is -0.490 e. The lowest BCUT2D eigenvalue weighted by Gasteiger charge is -2.12. The topological polar surface area (TPSA) is 56.8 Å². The van der Waals surface area contributed by atoms with Crippen LogP contribution in [0.4, 0.5) is 0 Å². The van der Waals surface area contributed by atoms with Gasteiger partial charge in [0.05, 0.1) is 12.2 Å². The molecular formula is C24H25NO4. The molecule has 150 valence electrons. The van der Waals surface area contributed by atoms with Gasteiger partial charge in [-0.3, -0.25) is 4.79 Å². The van der Waals surface area contributed by atoms with E-state index in [0.29, 0.717) is 37.7 Å². The van der Waals surface area contributed by atoms with Gasteiger partial charge in [-0.15, -0.1) is 0 Å². The fourth-order valence-corrected chi connectivity index (χ4v) is 2.81. The summed E-state index contributed by atoms with van der Waals surface area (Å²) < 4.78 is 16.5. The van der Waals surface area contributed by atoms with Crippen molar-refractivity contribution in [2.45, 2.75) is 13.2 Å². The molecule has 0 saturated carbocycles. The Kier molecular flexibility index (Phi) is 7.66. The Hall–Kier alpha value is -3.31. The molecule has 0 fully saturated rings. The van der Waals surface area contributed by atoms with Crippen molar-refractivity contribution in [3.63, 3.8) is 0 Å². The van der Waals surface area contributed by atoms with Gasteiger partial charge in [0.25, 0.3) is 5.91 Å². The van der Waals surface area contributed by atoms with E-state index in [1.165, 1.54) is 0 Å². The van der Waals surface area contributed by atoms with Gasteiger partial charge in [-0.1, -0.05) is 54.6 Å². The van der Waals surface area contributed by atoms with Crippen LogP contribution in [0.2, 0.25) is 0 Å². The van der Waals surface area contributed by atoms with Gasteiger partial charge in [0.1, 0.15) is 24.7 Å². The van der Waals surface area contributed by atoms with E-state index in [1.54, 1.807) is 19.2 Å². The third-order valence-electron chi connectivity index (χ3n) is 4.27. The number of hydrogen-bond acceptors (Lipinski definition) is 4. The van der Waals surface area contributed by atoms with Crippen LogP contribution >= 0.6 is 0 Å². The highest BCUT2D eigenvalue weighted by molar-refractivity contribution is 5.96. The third kappa shape index (κ3) is 6.36. The van der Waals surface area contributed by atoms with E-state index < -0.39 is 0 Å². The molecule has 0 bridgehead atoms. The first kappa shape index (κ1) is 20.4. The summed E-state index contributed by atoms with van der Waals surface area (Å²) in [6.07, 6.45) is 0. The van der Waals surface area contributed by atoms with Gasteiger partial charge in [0.2, 0.25) is 0 Å². The van der Waals surface area contributed by atoms with Crippen molar-refractivity contribution in [1.82, 2.24) is 5.32 Å². The molecule has 3 aromatic carbocycles. The first-order valence-electron chi connectivity index (χ1n) is 9.51. The summed E-state index contributed by atoms with van der Waals surface area (Å²) in [5.74, 6) is 1.15. The van der Waals surface area contributed by atoms with Gasteiger partial charge in [-0.25, -0.2) is 0 Å². The molecule has 0 aromatic heterocycles. The molecule has 29 heavy (non-hydrogen) atoms. The van der Waals surface area contributed by atoms with Crippen molar-refractivity contribution in [3.05, 3.63) is 95.6 Å². The van der Waals surface area contributed by atoms with E-state index in [9.17, 15) is 4.79 Å². The molecule has 0 spiro atoms. The maximum atomic E-state index is 12.6. The molecule has 0 aliphatic carbocycles. The lowest BCUT2D eigenvalue weighted by atomic mass is 10.1. The average Bonchev–Trinajstić information content (AvgIpc) is 2.77. The highest BCUT2D eigenvalue weighted by Gasteiger charge is 2.12. The summed E-state index contributed by atoms with van der Waals surface area (Å²) in [5.41, 5.74) is 2.62. The quantitative estimate of drug-likeness (QED) is 0.526. The maximum Gasteiger partial charge on any atom is 0.255 e. The molecule has 5 nitrogen and oxygen atoms in total. The Morgan fingerprint density at radius 2 is 1.45 bits per heavy atom. The van der Waals surface area contributed by atoms with Gasteiger partial charge in [0, 0.05) is 13.7 Å². The van der Waals surface area contributed by atoms with Gasteiger partial charge in [0.15, 0.2) is 0 Å². The van der Waals surface area contributed by atoms with Crippen LogP contribution in [-0.4, -0.2) is 26.2 Å². The van der Waals surface area contributed by atoms with Crippen LogP contribution in [0.25, 0.3) is 0 Å². The van der Waals surface area contributed by atoms with Crippen molar-refractivity contribution < 1.29 is 19.0 Å². The van der Waals surface area contributed by atoms with E-state index in [4.69, 9.17) is 14.2 Å². The van der Waals surface area contributed by atoms with Crippen LogP contribution in [-0.2, 0) is 17.9 Å². The number of benzene rings is 3. The van der Waals surface area contributed by atoms with Crippen LogP contribution in [0.5, 0.6) is 11.5 Å². The lowest BCUT2D eigenvalue weighted by Crippen LogP contribution is -2.23. The number of carbonyl (C=O) groups is 1. The highest BCUT2D eigenvalue weighted by atomic mass is 16.5. The second kappa shape index (κ2) is 10.9. The first-order chi connectivity index (χ1) is 14.3. The molecule has 5 heteroatoms. The summed E-state index contributed by atoms with van der Waals surface area (Å²) >= 11 is 0. The lowest BCUT2D eigenvalue weighted by molar-refractivity contribution is 0.0945. The Balaban J connectivity index is 1.51. The SMILES string of the molecule is COCc1ccc(CNC(=O)c2ccccc2OCCOc2ccccc2)cc1. The molecule has 0 saturated heterocycles. The standard InChI is InChI=1S/C24H25NO4/c1-27-18-20-13-11-19(12-14-20)17-25-24(26)22-9-5-6-10-23(22)29-16-15-28-21-7-3-2-4-8-21/h2-14H,15-18H2,1H3,(H,25,26). The predicted molar refractivity (Wildman–Crippen MR) is 112 cm³/mol. The Morgan fingerprint density at radius 3 is 2.21 bits per heavy atom. The smallest absolute Gasteiger partial charge is 0.255 e. The van der Waals surface area contributed by atoms with Crippen molar-refractivity contribution in [1.29, 1.82) is 0 Å². The van der Waals surface area contributed by atoms with Crippen LogP contribution in [0.3, 0.4) is 0 Å². The number of rotatable bonds is 10. The number of para-hydroxylation sites is 2. The zero-order valence-electron chi connectivity index (χ0n) is 16.5. The summed E-state index contributed by atoms with van der Waals surface area (Å²) in [7, 11) is 1.67. The number of ether oxygens (including phenoxy) is 3. The number of amides is 1. The summed E-state index contributed by atoms with van der Waals surface area (Å²) in [6, 6.07) is 24.7. The van der Waals surface area contributed by atoms with Crippen molar-refractivity contribution in [2.75, 3.05) is 20.3 Å².